The number of fused-ring (bicyclic) bond motifs is 1. The highest BCUT2D eigenvalue weighted by atomic mass is 16.2. The van der Waals surface area contributed by atoms with Crippen molar-refractivity contribution in [1.82, 2.24) is 19.8 Å². The van der Waals surface area contributed by atoms with Gasteiger partial charge in [0.25, 0.3) is 0 Å². The highest BCUT2D eigenvalue weighted by molar-refractivity contribution is 5.77. The van der Waals surface area contributed by atoms with Gasteiger partial charge >= 0.3 is 0 Å². The fourth-order valence-corrected chi connectivity index (χ4v) is 3.56. The summed E-state index contributed by atoms with van der Waals surface area (Å²) in [7, 11) is 0. The lowest BCUT2D eigenvalue weighted by molar-refractivity contribution is -0.132. The standard InChI is InChI=1S/C19H28N4O2/c1-13(24)22-8-6-16-15(12-22)10-20-18(21-16)14-5-7-23(11-14)17(25)9-19(2,3)4/h10,14H,5-9,11-12H2,1-4H3/t14-/m0/s1. The zero-order chi connectivity index (χ0) is 18.2. The van der Waals surface area contributed by atoms with E-state index in [0.717, 1.165) is 43.0 Å². The van der Waals surface area contributed by atoms with Crippen molar-refractivity contribution in [2.45, 2.75) is 59.4 Å². The first kappa shape index (κ1) is 17.8. The summed E-state index contributed by atoms with van der Waals surface area (Å²) in [5.41, 5.74) is 2.12. The van der Waals surface area contributed by atoms with Crippen LogP contribution in [-0.2, 0) is 22.6 Å². The average Bonchev–Trinajstić information content (AvgIpc) is 3.02. The van der Waals surface area contributed by atoms with E-state index in [0.29, 0.717) is 19.5 Å². The molecule has 0 aliphatic carbocycles. The predicted molar refractivity (Wildman–Crippen MR) is 94.8 cm³/mol. The van der Waals surface area contributed by atoms with Crippen LogP contribution in [0.3, 0.4) is 0 Å². The minimum absolute atomic E-state index is 0.0140. The Morgan fingerprint density at radius 1 is 1.24 bits per heavy atom. The number of likely N-dealkylation sites (tertiary alicyclic amines) is 1. The van der Waals surface area contributed by atoms with Crippen LogP contribution in [0.4, 0.5) is 0 Å². The third-order valence-electron chi connectivity index (χ3n) is 4.99. The molecule has 0 spiro atoms. The normalized spacial score (nSPS) is 20.6. The molecule has 1 fully saturated rings. The highest BCUT2D eigenvalue weighted by Crippen LogP contribution is 2.29. The van der Waals surface area contributed by atoms with Gasteiger partial charge in [-0.25, -0.2) is 9.97 Å². The number of hydrogen-bond acceptors (Lipinski definition) is 4. The van der Waals surface area contributed by atoms with E-state index in [1.165, 1.54) is 0 Å². The molecule has 3 rings (SSSR count). The molecule has 0 unspecified atom stereocenters. The van der Waals surface area contributed by atoms with Crippen molar-refractivity contribution in [3.8, 4) is 0 Å². The Balaban J connectivity index is 1.66. The molecular formula is C19H28N4O2. The van der Waals surface area contributed by atoms with Crippen LogP contribution in [0.15, 0.2) is 6.20 Å². The second-order valence-electron chi connectivity index (χ2n) is 8.45. The molecule has 0 saturated carbocycles. The van der Waals surface area contributed by atoms with Crippen LogP contribution < -0.4 is 0 Å². The van der Waals surface area contributed by atoms with Crippen molar-refractivity contribution in [3.05, 3.63) is 23.3 Å². The van der Waals surface area contributed by atoms with Crippen LogP contribution in [0.25, 0.3) is 0 Å². The molecule has 25 heavy (non-hydrogen) atoms. The molecule has 1 atom stereocenters. The maximum atomic E-state index is 12.4. The molecule has 0 N–H and O–H groups in total. The van der Waals surface area contributed by atoms with Gasteiger partial charge < -0.3 is 9.80 Å². The molecule has 136 valence electrons. The number of hydrogen-bond donors (Lipinski definition) is 0. The molecule has 2 aliphatic heterocycles. The Bertz CT molecular complexity index is 680. The molecule has 3 heterocycles. The molecule has 6 heteroatoms. The van der Waals surface area contributed by atoms with E-state index >= 15 is 0 Å². The van der Waals surface area contributed by atoms with Crippen molar-refractivity contribution in [3.63, 3.8) is 0 Å². The van der Waals surface area contributed by atoms with E-state index in [1.54, 1.807) is 6.92 Å². The molecular weight excluding hydrogens is 316 g/mol. The van der Waals surface area contributed by atoms with Crippen molar-refractivity contribution < 1.29 is 9.59 Å². The van der Waals surface area contributed by atoms with Crippen molar-refractivity contribution in [1.29, 1.82) is 0 Å². The highest BCUT2D eigenvalue weighted by Gasteiger charge is 2.31. The SMILES string of the molecule is CC(=O)N1CCc2nc([C@H]3CCN(C(=O)CC(C)(C)C)C3)ncc2C1. The Morgan fingerprint density at radius 2 is 2.00 bits per heavy atom. The van der Waals surface area contributed by atoms with E-state index < -0.39 is 0 Å². The lowest BCUT2D eigenvalue weighted by atomic mass is 9.92. The Hall–Kier alpha value is -1.98. The van der Waals surface area contributed by atoms with Gasteiger partial charge in [0.1, 0.15) is 5.82 Å². The van der Waals surface area contributed by atoms with Gasteiger partial charge in [0.2, 0.25) is 11.8 Å². The first-order valence-corrected chi connectivity index (χ1v) is 9.11. The zero-order valence-electron chi connectivity index (χ0n) is 15.7. The van der Waals surface area contributed by atoms with Gasteiger partial charge in [-0.15, -0.1) is 0 Å². The number of carbonyl (C=O) groups is 2. The molecule has 1 aromatic heterocycles. The predicted octanol–water partition coefficient (Wildman–Crippen LogP) is 2.13. The maximum Gasteiger partial charge on any atom is 0.223 e. The molecule has 2 aliphatic rings. The Morgan fingerprint density at radius 3 is 2.68 bits per heavy atom. The summed E-state index contributed by atoms with van der Waals surface area (Å²) in [4.78, 5) is 37.1. The van der Waals surface area contributed by atoms with E-state index in [2.05, 4.69) is 25.8 Å². The molecule has 1 aromatic rings. The Labute approximate surface area is 149 Å². The summed E-state index contributed by atoms with van der Waals surface area (Å²) in [5.74, 6) is 1.39. The quantitative estimate of drug-likeness (QED) is 0.824. The van der Waals surface area contributed by atoms with E-state index in [4.69, 9.17) is 4.98 Å². The van der Waals surface area contributed by atoms with Gasteiger partial charge in [0.05, 0.1) is 5.69 Å². The number of carbonyl (C=O) groups excluding carboxylic acids is 2. The first-order valence-electron chi connectivity index (χ1n) is 9.11. The molecule has 0 aromatic carbocycles. The zero-order valence-corrected chi connectivity index (χ0v) is 15.7. The van der Waals surface area contributed by atoms with Gasteiger partial charge in [-0.2, -0.15) is 0 Å². The van der Waals surface area contributed by atoms with Gasteiger partial charge in [-0.3, -0.25) is 9.59 Å². The molecule has 6 nitrogen and oxygen atoms in total. The average molecular weight is 344 g/mol. The van der Waals surface area contributed by atoms with Gasteiger partial charge in [0, 0.05) is 63.6 Å². The van der Waals surface area contributed by atoms with Crippen LogP contribution in [0.1, 0.15) is 63.5 Å². The summed E-state index contributed by atoms with van der Waals surface area (Å²) in [6, 6.07) is 0. The summed E-state index contributed by atoms with van der Waals surface area (Å²) in [6.45, 7) is 10.7. The van der Waals surface area contributed by atoms with Crippen LogP contribution in [0, 0.1) is 5.41 Å². The third kappa shape index (κ3) is 4.17. The third-order valence-corrected chi connectivity index (χ3v) is 4.99. The largest absolute Gasteiger partial charge is 0.342 e. The van der Waals surface area contributed by atoms with Crippen LogP contribution in [0.2, 0.25) is 0 Å². The van der Waals surface area contributed by atoms with Crippen molar-refractivity contribution >= 4 is 11.8 Å². The van der Waals surface area contributed by atoms with Crippen LogP contribution in [-0.4, -0.2) is 51.2 Å². The fourth-order valence-electron chi connectivity index (χ4n) is 3.56. The Kier molecular flexibility index (Phi) is 4.80. The topological polar surface area (TPSA) is 66.4 Å². The molecule has 2 amide bonds. The second-order valence-corrected chi connectivity index (χ2v) is 8.45. The van der Waals surface area contributed by atoms with E-state index in [-0.39, 0.29) is 23.1 Å². The molecule has 0 bridgehead atoms. The molecule has 0 radical (unpaired) electrons. The fraction of sp³-hybridized carbons (Fsp3) is 0.684. The number of rotatable bonds is 2. The smallest absolute Gasteiger partial charge is 0.223 e. The van der Waals surface area contributed by atoms with E-state index in [1.807, 2.05) is 16.0 Å². The first-order chi connectivity index (χ1) is 11.7. The van der Waals surface area contributed by atoms with Crippen LogP contribution in [0.5, 0.6) is 0 Å². The minimum atomic E-state index is 0.0140. The van der Waals surface area contributed by atoms with Crippen molar-refractivity contribution in [2.75, 3.05) is 19.6 Å². The summed E-state index contributed by atoms with van der Waals surface area (Å²) in [5, 5.41) is 0. The lowest BCUT2D eigenvalue weighted by Gasteiger charge is -2.27. The number of amides is 2. The van der Waals surface area contributed by atoms with Crippen LogP contribution >= 0.6 is 0 Å². The summed E-state index contributed by atoms with van der Waals surface area (Å²) in [6.07, 6.45) is 4.15. The monoisotopic (exact) mass is 344 g/mol. The minimum Gasteiger partial charge on any atom is -0.342 e. The number of nitrogens with zero attached hydrogens (tertiary/aromatic N) is 4. The van der Waals surface area contributed by atoms with Gasteiger partial charge in [0.15, 0.2) is 0 Å². The maximum absolute atomic E-state index is 12.4. The van der Waals surface area contributed by atoms with Gasteiger partial charge in [-0.1, -0.05) is 20.8 Å². The summed E-state index contributed by atoms with van der Waals surface area (Å²) >= 11 is 0. The van der Waals surface area contributed by atoms with E-state index in [9.17, 15) is 9.59 Å². The second kappa shape index (κ2) is 6.73. The van der Waals surface area contributed by atoms with Crippen molar-refractivity contribution in [2.24, 2.45) is 5.41 Å². The number of aromatic nitrogens is 2. The van der Waals surface area contributed by atoms with Gasteiger partial charge in [-0.05, 0) is 11.8 Å². The molecule has 1 saturated heterocycles. The lowest BCUT2D eigenvalue weighted by Crippen LogP contribution is -2.35. The summed E-state index contributed by atoms with van der Waals surface area (Å²) < 4.78 is 0.